The van der Waals surface area contributed by atoms with Crippen molar-refractivity contribution in [3.63, 3.8) is 0 Å². The molecular formula is C20H22ClFN4. The molecule has 136 valence electrons. The van der Waals surface area contributed by atoms with Gasteiger partial charge < -0.3 is 9.47 Å². The number of nitrogens with zero attached hydrogens (tertiary/aromatic N) is 4. The van der Waals surface area contributed by atoms with Gasteiger partial charge in [-0.3, -0.25) is 4.90 Å². The third kappa shape index (κ3) is 3.41. The summed E-state index contributed by atoms with van der Waals surface area (Å²) in [7, 11) is 0. The molecule has 1 fully saturated rings. The van der Waals surface area contributed by atoms with E-state index in [0.717, 1.165) is 61.1 Å². The number of benzene rings is 2. The van der Waals surface area contributed by atoms with E-state index in [1.54, 1.807) is 0 Å². The van der Waals surface area contributed by atoms with Crippen LogP contribution in [0.15, 0.2) is 42.5 Å². The molecule has 0 spiro atoms. The summed E-state index contributed by atoms with van der Waals surface area (Å²) in [4.78, 5) is 9.45. The van der Waals surface area contributed by atoms with E-state index < -0.39 is 0 Å². The van der Waals surface area contributed by atoms with E-state index in [1.807, 2.05) is 24.3 Å². The van der Waals surface area contributed by atoms with E-state index in [0.29, 0.717) is 0 Å². The molecule has 2 heterocycles. The monoisotopic (exact) mass is 372 g/mol. The van der Waals surface area contributed by atoms with Crippen LogP contribution in [0.3, 0.4) is 0 Å². The van der Waals surface area contributed by atoms with E-state index in [1.165, 1.54) is 17.8 Å². The van der Waals surface area contributed by atoms with Crippen LogP contribution in [-0.2, 0) is 13.1 Å². The fourth-order valence-corrected chi connectivity index (χ4v) is 3.85. The Morgan fingerprint density at radius 3 is 2.62 bits per heavy atom. The highest BCUT2D eigenvalue weighted by molar-refractivity contribution is 6.30. The topological polar surface area (TPSA) is 24.3 Å². The van der Waals surface area contributed by atoms with Gasteiger partial charge in [-0.25, -0.2) is 9.37 Å². The Morgan fingerprint density at radius 1 is 1.08 bits per heavy atom. The van der Waals surface area contributed by atoms with E-state index in [2.05, 4.69) is 32.3 Å². The third-order valence-corrected chi connectivity index (χ3v) is 5.25. The van der Waals surface area contributed by atoms with E-state index in [9.17, 15) is 4.39 Å². The normalized spacial score (nSPS) is 15.7. The number of aryl methyl sites for hydroxylation is 1. The molecule has 1 aliphatic heterocycles. The molecule has 1 aromatic heterocycles. The molecule has 4 nitrogen and oxygen atoms in total. The van der Waals surface area contributed by atoms with Crippen LogP contribution >= 0.6 is 11.6 Å². The van der Waals surface area contributed by atoms with Crippen LogP contribution in [0, 0.1) is 5.82 Å². The molecule has 0 radical (unpaired) electrons. The Morgan fingerprint density at radius 2 is 1.88 bits per heavy atom. The van der Waals surface area contributed by atoms with Crippen molar-refractivity contribution in [2.24, 2.45) is 0 Å². The van der Waals surface area contributed by atoms with Gasteiger partial charge in [0.2, 0.25) is 0 Å². The summed E-state index contributed by atoms with van der Waals surface area (Å²) in [5.41, 5.74) is 2.91. The third-order valence-electron chi connectivity index (χ3n) is 5.02. The van der Waals surface area contributed by atoms with Crippen LogP contribution in [-0.4, -0.2) is 40.6 Å². The number of imidazole rings is 1. The van der Waals surface area contributed by atoms with Gasteiger partial charge in [0.05, 0.1) is 17.6 Å². The average molecular weight is 373 g/mol. The lowest BCUT2D eigenvalue weighted by atomic mass is 10.2. The molecule has 0 aliphatic carbocycles. The maximum atomic E-state index is 13.5. The number of rotatable bonds is 4. The van der Waals surface area contributed by atoms with Crippen molar-refractivity contribution in [1.82, 2.24) is 14.5 Å². The summed E-state index contributed by atoms with van der Waals surface area (Å²) >= 11 is 6.11. The maximum Gasteiger partial charge on any atom is 0.125 e. The Balaban J connectivity index is 1.47. The van der Waals surface area contributed by atoms with Gasteiger partial charge in [0.25, 0.3) is 0 Å². The van der Waals surface area contributed by atoms with Crippen molar-refractivity contribution >= 4 is 28.3 Å². The lowest BCUT2D eigenvalue weighted by Gasteiger charge is -2.36. The number of piperazine rings is 1. The first kappa shape index (κ1) is 17.3. The molecule has 0 unspecified atom stereocenters. The molecule has 0 bridgehead atoms. The predicted octanol–water partition coefficient (Wildman–Crippen LogP) is 4.17. The van der Waals surface area contributed by atoms with Gasteiger partial charge in [0.15, 0.2) is 0 Å². The molecule has 0 atom stereocenters. The first-order chi connectivity index (χ1) is 12.6. The quantitative estimate of drug-likeness (QED) is 0.687. The molecule has 6 heteroatoms. The number of hydrogen-bond acceptors (Lipinski definition) is 3. The van der Waals surface area contributed by atoms with Gasteiger partial charge in [-0.2, -0.15) is 0 Å². The zero-order valence-electron chi connectivity index (χ0n) is 14.8. The van der Waals surface area contributed by atoms with Crippen molar-refractivity contribution in [2.75, 3.05) is 31.1 Å². The second-order valence-corrected chi connectivity index (χ2v) is 7.08. The molecule has 0 saturated carbocycles. The van der Waals surface area contributed by atoms with Gasteiger partial charge in [-0.15, -0.1) is 0 Å². The van der Waals surface area contributed by atoms with Crippen LogP contribution < -0.4 is 4.90 Å². The fourth-order valence-electron chi connectivity index (χ4n) is 3.66. The summed E-state index contributed by atoms with van der Waals surface area (Å²) in [6.45, 7) is 7.57. The van der Waals surface area contributed by atoms with Crippen molar-refractivity contribution in [1.29, 1.82) is 0 Å². The number of fused-ring (bicyclic) bond motifs is 1. The second kappa shape index (κ2) is 7.25. The average Bonchev–Trinajstić information content (AvgIpc) is 2.98. The molecule has 1 aliphatic rings. The molecule has 4 rings (SSSR count). The second-order valence-electron chi connectivity index (χ2n) is 6.65. The van der Waals surface area contributed by atoms with Gasteiger partial charge in [0.1, 0.15) is 11.6 Å². The highest BCUT2D eigenvalue weighted by atomic mass is 35.5. The summed E-state index contributed by atoms with van der Waals surface area (Å²) in [5.74, 6) is 0.768. The van der Waals surface area contributed by atoms with Crippen LogP contribution in [0.1, 0.15) is 12.7 Å². The van der Waals surface area contributed by atoms with Crippen molar-refractivity contribution < 1.29 is 4.39 Å². The van der Waals surface area contributed by atoms with Gasteiger partial charge in [0, 0.05) is 49.5 Å². The van der Waals surface area contributed by atoms with Gasteiger partial charge in [-0.1, -0.05) is 17.7 Å². The minimum absolute atomic E-state index is 0.236. The van der Waals surface area contributed by atoms with Crippen LogP contribution in [0.25, 0.3) is 11.0 Å². The molecule has 0 amide bonds. The van der Waals surface area contributed by atoms with E-state index in [4.69, 9.17) is 11.6 Å². The van der Waals surface area contributed by atoms with Crippen molar-refractivity contribution in [2.45, 2.75) is 20.0 Å². The highest BCUT2D eigenvalue weighted by Crippen LogP contribution is 2.22. The standard InChI is InChI=1S/C20H22ClFN4/c1-2-26-19-7-6-16(22)13-18(19)23-20(26)14-24-8-10-25(11-9-24)17-5-3-4-15(21)12-17/h3-7,12-13H,2,8-11,14H2,1H3. The fraction of sp³-hybridized carbons (Fsp3) is 0.350. The minimum atomic E-state index is -0.236. The number of anilines is 1. The Bertz CT molecular complexity index is 915. The van der Waals surface area contributed by atoms with Crippen LogP contribution in [0.5, 0.6) is 0 Å². The Labute approximate surface area is 157 Å². The van der Waals surface area contributed by atoms with E-state index in [-0.39, 0.29) is 5.82 Å². The molecule has 2 aromatic carbocycles. The lowest BCUT2D eigenvalue weighted by Crippen LogP contribution is -2.46. The molecule has 1 saturated heterocycles. The zero-order chi connectivity index (χ0) is 18.1. The van der Waals surface area contributed by atoms with Crippen LogP contribution in [0.4, 0.5) is 10.1 Å². The first-order valence-corrected chi connectivity index (χ1v) is 9.39. The molecular weight excluding hydrogens is 351 g/mol. The SMILES string of the molecule is CCn1c(CN2CCN(c3cccc(Cl)c3)CC2)nc2cc(F)ccc21. The molecule has 26 heavy (non-hydrogen) atoms. The first-order valence-electron chi connectivity index (χ1n) is 9.01. The smallest absolute Gasteiger partial charge is 0.125 e. The molecule has 0 N–H and O–H groups in total. The zero-order valence-corrected chi connectivity index (χ0v) is 15.6. The summed E-state index contributed by atoms with van der Waals surface area (Å²) < 4.78 is 15.7. The van der Waals surface area contributed by atoms with Crippen LogP contribution in [0.2, 0.25) is 5.02 Å². The molecule has 3 aromatic rings. The van der Waals surface area contributed by atoms with Crippen molar-refractivity contribution in [3.8, 4) is 0 Å². The van der Waals surface area contributed by atoms with Gasteiger partial charge in [-0.05, 0) is 37.3 Å². The maximum absolute atomic E-state index is 13.5. The largest absolute Gasteiger partial charge is 0.369 e. The lowest BCUT2D eigenvalue weighted by molar-refractivity contribution is 0.241. The summed E-state index contributed by atoms with van der Waals surface area (Å²) in [5, 5.41) is 0.772. The number of aromatic nitrogens is 2. The van der Waals surface area contributed by atoms with Crippen molar-refractivity contribution in [3.05, 3.63) is 59.1 Å². The number of hydrogen-bond donors (Lipinski definition) is 0. The summed E-state index contributed by atoms with van der Waals surface area (Å²) in [6.07, 6.45) is 0. The minimum Gasteiger partial charge on any atom is -0.369 e. The number of halogens is 2. The van der Waals surface area contributed by atoms with Gasteiger partial charge >= 0.3 is 0 Å². The highest BCUT2D eigenvalue weighted by Gasteiger charge is 2.20. The Kier molecular flexibility index (Phi) is 4.83. The Hall–Kier alpha value is -2.11. The van der Waals surface area contributed by atoms with E-state index >= 15 is 0 Å². The summed E-state index contributed by atoms with van der Waals surface area (Å²) in [6, 6.07) is 12.9. The predicted molar refractivity (Wildman–Crippen MR) is 104 cm³/mol.